The summed E-state index contributed by atoms with van der Waals surface area (Å²) < 4.78 is 39.9. The number of hydrogen-bond donors (Lipinski definition) is 2. The van der Waals surface area contributed by atoms with Gasteiger partial charge in [-0.25, -0.2) is 12.8 Å². The van der Waals surface area contributed by atoms with Crippen molar-refractivity contribution < 1.29 is 22.4 Å². The molecule has 1 fully saturated rings. The second kappa shape index (κ2) is 8.49. The van der Waals surface area contributed by atoms with Crippen molar-refractivity contribution in [2.75, 3.05) is 13.1 Å². The summed E-state index contributed by atoms with van der Waals surface area (Å²) in [6, 6.07) is 11.3. The lowest BCUT2D eigenvalue weighted by atomic mass is 10.1. The molecule has 0 radical (unpaired) electrons. The maximum Gasteiger partial charge on any atom is 0.269 e. The van der Waals surface area contributed by atoms with Crippen molar-refractivity contribution in [2.45, 2.75) is 24.2 Å². The van der Waals surface area contributed by atoms with Crippen molar-refractivity contribution in [3.8, 4) is 0 Å². The second-order valence-electron chi connectivity index (χ2n) is 6.41. The molecule has 148 valence electrons. The van der Waals surface area contributed by atoms with Crippen molar-refractivity contribution in [1.29, 1.82) is 0 Å². The van der Waals surface area contributed by atoms with Crippen LogP contribution in [0.4, 0.5) is 4.39 Å². The van der Waals surface area contributed by atoms with E-state index in [0.717, 1.165) is 12.8 Å². The Kier molecular flexibility index (Phi) is 6.05. The predicted molar refractivity (Wildman–Crippen MR) is 100 cm³/mol. The van der Waals surface area contributed by atoms with Gasteiger partial charge in [-0.05, 0) is 48.7 Å². The molecule has 28 heavy (non-hydrogen) atoms. The zero-order chi connectivity index (χ0) is 20.1. The minimum atomic E-state index is -3.55. The van der Waals surface area contributed by atoms with Gasteiger partial charge in [-0.2, -0.15) is 4.31 Å². The molecule has 0 bridgehead atoms. The van der Waals surface area contributed by atoms with Crippen LogP contribution in [-0.2, 0) is 21.2 Å². The van der Waals surface area contributed by atoms with Crippen LogP contribution in [-0.4, -0.2) is 37.6 Å². The van der Waals surface area contributed by atoms with Gasteiger partial charge in [-0.1, -0.05) is 18.2 Å². The minimum Gasteiger partial charge on any atom is -0.273 e. The highest BCUT2D eigenvalue weighted by molar-refractivity contribution is 7.89. The zero-order valence-electron chi connectivity index (χ0n) is 15.0. The van der Waals surface area contributed by atoms with Crippen molar-refractivity contribution in [1.82, 2.24) is 15.2 Å². The molecule has 1 heterocycles. The van der Waals surface area contributed by atoms with Gasteiger partial charge in [0.15, 0.2) is 0 Å². The standard InChI is InChI=1S/C19H20FN3O4S/c20-17-6-2-1-5-15(17)13-18(24)21-22-19(25)14-7-9-16(10-8-14)28(26,27)23-11-3-4-12-23/h1-2,5-10H,3-4,11-13H2,(H,21,24)(H,22,25). The minimum absolute atomic E-state index is 0.120. The monoisotopic (exact) mass is 405 g/mol. The normalized spacial score (nSPS) is 14.6. The summed E-state index contributed by atoms with van der Waals surface area (Å²) in [4.78, 5) is 24.1. The second-order valence-corrected chi connectivity index (χ2v) is 8.34. The summed E-state index contributed by atoms with van der Waals surface area (Å²) in [6.45, 7) is 0.997. The molecular weight excluding hydrogens is 385 g/mol. The topological polar surface area (TPSA) is 95.6 Å². The number of hydrazine groups is 1. The first-order valence-corrected chi connectivity index (χ1v) is 10.2. The lowest BCUT2D eigenvalue weighted by molar-refractivity contribution is -0.121. The summed E-state index contributed by atoms with van der Waals surface area (Å²) in [5.74, 6) is -1.68. The number of amides is 2. The van der Waals surface area contributed by atoms with Gasteiger partial charge < -0.3 is 0 Å². The maximum absolute atomic E-state index is 13.5. The van der Waals surface area contributed by atoms with Gasteiger partial charge in [-0.15, -0.1) is 0 Å². The van der Waals surface area contributed by atoms with Crippen LogP contribution in [0.1, 0.15) is 28.8 Å². The van der Waals surface area contributed by atoms with E-state index in [0.29, 0.717) is 13.1 Å². The van der Waals surface area contributed by atoms with Gasteiger partial charge in [-0.3, -0.25) is 20.4 Å². The highest BCUT2D eigenvalue weighted by Crippen LogP contribution is 2.21. The van der Waals surface area contributed by atoms with Crippen LogP contribution < -0.4 is 10.9 Å². The summed E-state index contributed by atoms with van der Waals surface area (Å²) in [5.41, 5.74) is 4.85. The van der Waals surface area contributed by atoms with Gasteiger partial charge in [0, 0.05) is 18.7 Å². The fourth-order valence-corrected chi connectivity index (χ4v) is 4.43. The molecule has 1 aliphatic rings. The Hall–Kier alpha value is -2.78. The molecule has 9 heteroatoms. The number of halogens is 1. The molecule has 2 aromatic rings. The molecule has 2 amide bonds. The molecule has 1 saturated heterocycles. The number of nitrogens with one attached hydrogen (secondary N) is 2. The van der Waals surface area contributed by atoms with E-state index in [2.05, 4.69) is 10.9 Å². The molecule has 0 aromatic heterocycles. The third-order valence-corrected chi connectivity index (χ3v) is 6.36. The van der Waals surface area contributed by atoms with Crippen LogP contribution in [0.3, 0.4) is 0 Å². The number of carbonyl (C=O) groups excluding carboxylic acids is 2. The highest BCUT2D eigenvalue weighted by Gasteiger charge is 2.27. The number of carbonyl (C=O) groups is 2. The molecule has 3 rings (SSSR count). The Morgan fingerprint density at radius 2 is 1.61 bits per heavy atom. The first-order chi connectivity index (χ1) is 13.4. The molecule has 0 aliphatic carbocycles. The zero-order valence-corrected chi connectivity index (χ0v) is 15.8. The summed E-state index contributed by atoms with van der Waals surface area (Å²) in [5, 5.41) is 0. The van der Waals surface area contributed by atoms with E-state index in [-0.39, 0.29) is 22.4 Å². The largest absolute Gasteiger partial charge is 0.273 e. The van der Waals surface area contributed by atoms with Gasteiger partial charge in [0.1, 0.15) is 5.82 Å². The average Bonchev–Trinajstić information content (AvgIpc) is 3.24. The van der Waals surface area contributed by atoms with E-state index >= 15 is 0 Å². The lowest BCUT2D eigenvalue weighted by Crippen LogP contribution is -2.42. The number of benzene rings is 2. The highest BCUT2D eigenvalue weighted by atomic mass is 32.2. The van der Waals surface area contributed by atoms with E-state index in [1.54, 1.807) is 6.07 Å². The molecule has 0 unspecified atom stereocenters. The number of rotatable bonds is 5. The van der Waals surface area contributed by atoms with Crippen LogP contribution in [0.25, 0.3) is 0 Å². The molecule has 2 N–H and O–H groups in total. The summed E-state index contributed by atoms with van der Waals surface area (Å²) >= 11 is 0. The molecule has 0 saturated carbocycles. The first-order valence-electron chi connectivity index (χ1n) is 8.81. The van der Waals surface area contributed by atoms with E-state index in [1.807, 2.05) is 0 Å². The Morgan fingerprint density at radius 3 is 2.25 bits per heavy atom. The summed E-state index contributed by atoms with van der Waals surface area (Å²) in [7, 11) is -3.55. The van der Waals surface area contributed by atoms with Crippen molar-refractivity contribution in [2.24, 2.45) is 0 Å². The molecule has 2 aromatic carbocycles. The van der Waals surface area contributed by atoms with Crippen LogP contribution >= 0.6 is 0 Å². The van der Waals surface area contributed by atoms with E-state index in [1.165, 1.54) is 46.8 Å². The maximum atomic E-state index is 13.5. The third kappa shape index (κ3) is 4.55. The van der Waals surface area contributed by atoms with Crippen molar-refractivity contribution in [3.05, 3.63) is 65.5 Å². The molecule has 0 spiro atoms. The smallest absolute Gasteiger partial charge is 0.269 e. The predicted octanol–water partition coefficient (Wildman–Crippen LogP) is 1.61. The Balaban J connectivity index is 1.57. The Morgan fingerprint density at radius 1 is 0.964 bits per heavy atom. The average molecular weight is 405 g/mol. The van der Waals surface area contributed by atoms with Crippen LogP contribution in [0, 0.1) is 5.82 Å². The summed E-state index contributed by atoms with van der Waals surface area (Å²) in [6.07, 6.45) is 1.46. The van der Waals surface area contributed by atoms with Crippen molar-refractivity contribution >= 4 is 21.8 Å². The fourth-order valence-electron chi connectivity index (χ4n) is 2.91. The third-order valence-electron chi connectivity index (χ3n) is 4.44. The SMILES string of the molecule is O=C(Cc1ccccc1F)NNC(=O)c1ccc(S(=O)(=O)N2CCCC2)cc1. The molecule has 7 nitrogen and oxygen atoms in total. The molecule has 1 aliphatic heterocycles. The van der Waals surface area contributed by atoms with E-state index in [4.69, 9.17) is 0 Å². The van der Waals surface area contributed by atoms with Crippen molar-refractivity contribution in [3.63, 3.8) is 0 Å². The van der Waals surface area contributed by atoms with E-state index < -0.39 is 27.7 Å². The van der Waals surface area contributed by atoms with Gasteiger partial charge in [0.2, 0.25) is 15.9 Å². The van der Waals surface area contributed by atoms with Gasteiger partial charge in [0.25, 0.3) is 5.91 Å². The van der Waals surface area contributed by atoms with Gasteiger partial charge >= 0.3 is 0 Å². The number of nitrogens with zero attached hydrogens (tertiary/aromatic N) is 1. The van der Waals surface area contributed by atoms with Gasteiger partial charge in [0.05, 0.1) is 11.3 Å². The Bertz CT molecular complexity index is 971. The van der Waals surface area contributed by atoms with Crippen LogP contribution in [0.2, 0.25) is 0 Å². The lowest BCUT2D eigenvalue weighted by Gasteiger charge is -2.15. The van der Waals surface area contributed by atoms with Crippen LogP contribution in [0.15, 0.2) is 53.4 Å². The van der Waals surface area contributed by atoms with E-state index in [9.17, 15) is 22.4 Å². The quantitative estimate of drug-likeness (QED) is 0.739. The number of hydrogen-bond acceptors (Lipinski definition) is 4. The first kappa shape index (κ1) is 20.0. The number of sulfonamides is 1. The Labute approximate surface area is 162 Å². The molecular formula is C19H20FN3O4S. The molecule has 0 atom stereocenters. The van der Waals surface area contributed by atoms with Crippen LogP contribution in [0.5, 0.6) is 0 Å². The fraction of sp³-hybridized carbons (Fsp3) is 0.263.